The maximum absolute atomic E-state index is 13.5. The van der Waals surface area contributed by atoms with E-state index in [4.69, 9.17) is 10.6 Å². The van der Waals surface area contributed by atoms with Crippen LogP contribution in [-0.4, -0.2) is 17.6 Å². The minimum Gasteiger partial charge on any atom is -0.462 e. The third-order valence-corrected chi connectivity index (χ3v) is 3.35. The maximum Gasteiger partial charge on any atom is 0.341 e. The lowest BCUT2D eigenvalue weighted by atomic mass is 10.1. The van der Waals surface area contributed by atoms with Crippen LogP contribution in [0.15, 0.2) is 18.3 Å². The number of aromatic nitrogens is 1. The molecule has 0 unspecified atom stereocenters. The molecule has 100 valence electrons. The molecule has 1 heterocycles. The molecule has 1 aromatic carbocycles. The molecule has 0 fully saturated rings. The number of esters is 1. The smallest absolute Gasteiger partial charge is 0.341 e. The lowest BCUT2D eigenvalue weighted by molar-refractivity contribution is 0.0527. The average Bonchev–Trinajstić information content (AvgIpc) is 2.37. The molecule has 0 aliphatic carbocycles. The first-order chi connectivity index (χ1) is 9.08. The monoisotopic (exact) mass is 375 g/mol. The number of nitrogens with zero attached hydrogens (tertiary/aromatic N) is 1. The molecular weight excluding hydrogens is 364 g/mol. The number of benzene rings is 1. The number of nitrogens with two attached hydrogens (primary N) is 1. The van der Waals surface area contributed by atoms with Crippen molar-refractivity contribution in [2.45, 2.75) is 6.92 Å². The van der Waals surface area contributed by atoms with Gasteiger partial charge in [-0.3, -0.25) is 10.8 Å². The molecule has 0 spiro atoms. The summed E-state index contributed by atoms with van der Waals surface area (Å²) in [5, 5.41) is 0.442. The van der Waals surface area contributed by atoms with Crippen LogP contribution in [-0.2, 0) is 4.74 Å². The Kier molecular flexibility index (Phi) is 4.15. The lowest BCUT2D eigenvalue weighted by Gasteiger charge is -2.11. The van der Waals surface area contributed by atoms with Gasteiger partial charge in [-0.2, -0.15) is 0 Å². The van der Waals surface area contributed by atoms with Crippen molar-refractivity contribution < 1.29 is 13.9 Å². The van der Waals surface area contributed by atoms with Crippen molar-refractivity contribution in [3.8, 4) is 0 Å². The highest BCUT2D eigenvalue weighted by Crippen LogP contribution is 2.29. The van der Waals surface area contributed by atoms with Gasteiger partial charge < -0.3 is 10.2 Å². The van der Waals surface area contributed by atoms with Crippen LogP contribution in [0.5, 0.6) is 0 Å². The van der Waals surface area contributed by atoms with E-state index in [1.54, 1.807) is 6.92 Å². The van der Waals surface area contributed by atoms with Gasteiger partial charge in [-0.05, 0) is 41.6 Å². The highest BCUT2D eigenvalue weighted by Gasteiger charge is 2.17. The zero-order valence-electron chi connectivity index (χ0n) is 10.0. The summed E-state index contributed by atoms with van der Waals surface area (Å²) in [4.78, 5) is 15.9. The number of nitrogens with one attached hydrogen (secondary N) is 1. The van der Waals surface area contributed by atoms with Crippen LogP contribution in [0, 0.1) is 9.39 Å². The summed E-state index contributed by atoms with van der Waals surface area (Å²) in [5.74, 6) is 4.47. The van der Waals surface area contributed by atoms with Crippen LogP contribution in [0.1, 0.15) is 17.3 Å². The number of hydrogen-bond donors (Lipinski definition) is 2. The van der Waals surface area contributed by atoms with E-state index < -0.39 is 11.8 Å². The van der Waals surface area contributed by atoms with E-state index in [0.29, 0.717) is 20.2 Å². The number of hydrogen-bond acceptors (Lipinski definition) is 5. The topological polar surface area (TPSA) is 77.2 Å². The van der Waals surface area contributed by atoms with E-state index in [0.717, 1.165) is 0 Å². The Labute approximate surface area is 122 Å². The molecule has 7 heteroatoms. The second-order valence-electron chi connectivity index (χ2n) is 3.70. The van der Waals surface area contributed by atoms with Crippen LogP contribution in [0.25, 0.3) is 10.9 Å². The minimum atomic E-state index is -0.552. The Hall–Kier alpha value is -1.48. The predicted octanol–water partition coefficient (Wildman–Crippen LogP) is 2.44. The number of pyridine rings is 1. The first kappa shape index (κ1) is 13.9. The molecule has 0 atom stereocenters. The van der Waals surface area contributed by atoms with E-state index in [1.165, 1.54) is 18.3 Å². The number of nitrogen functional groups attached to an aromatic ring is 1. The molecule has 0 aliphatic heterocycles. The fraction of sp³-hybridized carbons (Fsp3) is 0.167. The van der Waals surface area contributed by atoms with Crippen LogP contribution in [0.3, 0.4) is 0 Å². The van der Waals surface area contributed by atoms with E-state index in [9.17, 15) is 9.18 Å². The van der Waals surface area contributed by atoms with Gasteiger partial charge in [0, 0.05) is 15.2 Å². The number of anilines is 1. The number of halogens is 2. The van der Waals surface area contributed by atoms with E-state index in [2.05, 4.69) is 10.4 Å². The molecule has 2 aromatic rings. The van der Waals surface area contributed by atoms with Crippen molar-refractivity contribution >= 4 is 45.2 Å². The number of ether oxygens (including phenoxy) is 1. The highest BCUT2D eigenvalue weighted by molar-refractivity contribution is 14.1. The Morgan fingerprint density at radius 2 is 2.32 bits per heavy atom. The molecule has 0 aliphatic rings. The van der Waals surface area contributed by atoms with E-state index in [-0.39, 0.29) is 12.2 Å². The van der Waals surface area contributed by atoms with Gasteiger partial charge in [0.15, 0.2) is 0 Å². The van der Waals surface area contributed by atoms with Crippen LogP contribution in [0.2, 0.25) is 0 Å². The Morgan fingerprint density at radius 1 is 1.58 bits per heavy atom. The fourth-order valence-corrected chi connectivity index (χ4v) is 2.47. The SMILES string of the molecule is CCOC(=O)c1cnc2c(I)cc(F)cc2c1NN. The molecule has 0 bridgehead atoms. The first-order valence-electron chi connectivity index (χ1n) is 5.50. The molecule has 19 heavy (non-hydrogen) atoms. The molecule has 2 rings (SSSR count). The number of carbonyl (C=O) groups is 1. The number of rotatable bonds is 3. The second-order valence-corrected chi connectivity index (χ2v) is 4.86. The Bertz CT molecular complexity index is 648. The summed E-state index contributed by atoms with van der Waals surface area (Å²) in [6, 6.07) is 2.64. The summed E-state index contributed by atoms with van der Waals surface area (Å²) in [6.07, 6.45) is 1.37. The van der Waals surface area contributed by atoms with Gasteiger partial charge in [-0.25, -0.2) is 9.18 Å². The van der Waals surface area contributed by atoms with Gasteiger partial charge in [0.25, 0.3) is 0 Å². The molecule has 0 saturated heterocycles. The summed E-state index contributed by atoms with van der Waals surface area (Å²) in [6.45, 7) is 1.94. The summed E-state index contributed by atoms with van der Waals surface area (Å²) < 4.78 is 19.0. The average molecular weight is 375 g/mol. The van der Waals surface area contributed by atoms with Gasteiger partial charge in [0.1, 0.15) is 11.4 Å². The van der Waals surface area contributed by atoms with Crippen molar-refractivity contribution in [2.75, 3.05) is 12.0 Å². The van der Waals surface area contributed by atoms with Gasteiger partial charge in [0.05, 0.1) is 17.8 Å². The van der Waals surface area contributed by atoms with Crippen molar-refractivity contribution in [2.24, 2.45) is 5.84 Å². The third-order valence-electron chi connectivity index (χ3n) is 2.53. The Morgan fingerprint density at radius 3 is 2.95 bits per heavy atom. The quantitative estimate of drug-likeness (QED) is 0.373. The zero-order chi connectivity index (χ0) is 14.0. The van der Waals surface area contributed by atoms with Crippen molar-refractivity contribution in [3.63, 3.8) is 0 Å². The molecule has 5 nitrogen and oxygen atoms in total. The number of carbonyl (C=O) groups excluding carboxylic acids is 1. The molecule has 3 N–H and O–H groups in total. The van der Waals surface area contributed by atoms with Gasteiger partial charge >= 0.3 is 5.97 Å². The number of hydrazine groups is 1. The van der Waals surface area contributed by atoms with Crippen molar-refractivity contribution in [3.05, 3.63) is 33.3 Å². The standard InChI is InChI=1S/C12H11FIN3O2/c1-2-19-12(18)8-5-16-11-7(10(8)17-15)3-6(13)4-9(11)14/h3-5H,2,15H2,1H3,(H,16,17). The normalized spacial score (nSPS) is 10.5. The fourth-order valence-electron chi connectivity index (χ4n) is 1.75. The van der Waals surface area contributed by atoms with E-state index in [1.807, 2.05) is 22.6 Å². The summed E-state index contributed by atoms with van der Waals surface area (Å²) in [5.41, 5.74) is 3.48. The van der Waals surface area contributed by atoms with Gasteiger partial charge in [-0.15, -0.1) is 0 Å². The van der Waals surface area contributed by atoms with E-state index >= 15 is 0 Å². The van der Waals surface area contributed by atoms with Crippen LogP contribution >= 0.6 is 22.6 Å². The largest absolute Gasteiger partial charge is 0.462 e. The summed E-state index contributed by atoms with van der Waals surface area (Å²) >= 11 is 1.98. The van der Waals surface area contributed by atoms with Crippen LogP contribution < -0.4 is 11.3 Å². The second kappa shape index (κ2) is 5.66. The predicted molar refractivity (Wildman–Crippen MR) is 78.2 cm³/mol. The van der Waals surface area contributed by atoms with Crippen molar-refractivity contribution in [1.29, 1.82) is 0 Å². The first-order valence-corrected chi connectivity index (χ1v) is 6.57. The van der Waals surface area contributed by atoms with Crippen molar-refractivity contribution in [1.82, 2.24) is 4.98 Å². The molecular formula is C12H11FIN3O2. The zero-order valence-corrected chi connectivity index (χ0v) is 12.2. The molecule has 0 amide bonds. The molecule has 0 radical (unpaired) electrons. The molecule has 0 saturated carbocycles. The minimum absolute atomic E-state index is 0.179. The van der Waals surface area contributed by atoms with Crippen LogP contribution in [0.4, 0.5) is 10.1 Å². The van der Waals surface area contributed by atoms with Gasteiger partial charge in [-0.1, -0.05) is 0 Å². The Balaban J connectivity index is 2.72. The molecule has 1 aromatic heterocycles. The maximum atomic E-state index is 13.5. The highest BCUT2D eigenvalue weighted by atomic mass is 127. The third kappa shape index (κ3) is 2.61. The number of fused-ring (bicyclic) bond motifs is 1. The van der Waals surface area contributed by atoms with Gasteiger partial charge in [0.2, 0.25) is 0 Å². The summed E-state index contributed by atoms with van der Waals surface area (Å²) in [7, 11) is 0. The lowest BCUT2D eigenvalue weighted by Crippen LogP contribution is -2.15.